The van der Waals surface area contributed by atoms with Crippen molar-refractivity contribution in [1.29, 1.82) is 0 Å². The second-order valence-corrected chi connectivity index (χ2v) is 7.28. The lowest BCUT2D eigenvalue weighted by atomic mass is 10.2. The number of phenolic OH excluding ortho intramolecular Hbond substituents is 1. The number of hydrogen-bond donors (Lipinski definition) is 1. The van der Waals surface area contributed by atoms with E-state index in [4.69, 9.17) is 9.84 Å². The number of rotatable bonds is 1. The zero-order valence-corrected chi connectivity index (χ0v) is 15.5. The van der Waals surface area contributed by atoms with Gasteiger partial charge in [-0.05, 0) is 45.0 Å². The van der Waals surface area contributed by atoms with Gasteiger partial charge in [0.05, 0.1) is 0 Å². The molecule has 0 aromatic heterocycles. The highest BCUT2D eigenvalue weighted by Crippen LogP contribution is 2.24. The summed E-state index contributed by atoms with van der Waals surface area (Å²) in [6.45, 7) is 5.77. The Hall–Kier alpha value is -1.14. The van der Waals surface area contributed by atoms with Crippen molar-refractivity contribution in [1.82, 2.24) is 0 Å². The Balaban J connectivity index is 0.000000235. The Bertz CT molecular complexity index is 570. The first-order chi connectivity index (χ1) is 10.0. The van der Waals surface area contributed by atoms with Crippen LogP contribution in [0.5, 0.6) is 11.5 Å². The quantitative estimate of drug-likeness (QED) is 0.587. The van der Waals surface area contributed by atoms with Crippen LogP contribution in [0.3, 0.4) is 0 Å². The molecular formula is C16H16Br2F2O2. The topological polar surface area (TPSA) is 29.5 Å². The molecule has 1 N–H and O–H groups in total. The van der Waals surface area contributed by atoms with Gasteiger partial charge in [-0.2, -0.15) is 0 Å². The lowest BCUT2D eigenvalue weighted by molar-refractivity contribution is 0.130. The van der Waals surface area contributed by atoms with E-state index in [1.165, 1.54) is 24.3 Å². The van der Waals surface area contributed by atoms with Crippen molar-refractivity contribution in [2.75, 3.05) is 0 Å². The number of aromatic hydroxyl groups is 1. The average molecular weight is 438 g/mol. The molecule has 0 unspecified atom stereocenters. The van der Waals surface area contributed by atoms with Crippen molar-refractivity contribution in [3.8, 4) is 11.5 Å². The van der Waals surface area contributed by atoms with Gasteiger partial charge < -0.3 is 9.84 Å². The molecule has 0 radical (unpaired) electrons. The van der Waals surface area contributed by atoms with Crippen LogP contribution >= 0.6 is 31.9 Å². The Morgan fingerprint density at radius 2 is 1.36 bits per heavy atom. The molecule has 2 aromatic rings. The molecule has 120 valence electrons. The summed E-state index contributed by atoms with van der Waals surface area (Å²) in [5.74, 6) is -0.267. The molecule has 0 atom stereocenters. The van der Waals surface area contributed by atoms with Gasteiger partial charge in [0.15, 0.2) is 0 Å². The summed E-state index contributed by atoms with van der Waals surface area (Å²) in [5, 5.41) is 8.72. The van der Waals surface area contributed by atoms with E-state index in [1.54, 1.807) is 6.07 Å². The van der Waals surface area contributed by atoms with E-state index in [0.29, 0.717) is 14.7 Å². The lowest BCUT2D eigenvalue weighted by Crippen LogP contribution is -2.22. The predicted octanol–water partition coefficient (Wildman–Crippen LogP) is 6.06. The maximum Gasteiger partial charge on any atom is 0.128 e. The number of halogens is 4. The van der Waals surface area contributed by atoms with Crippen molar-refractivity contribution in [2.24, 2.45) is 0 Å². The Kier molecular flexibility index (Phi) is 6.81. The summed E-state index contributed by atoms with van der Waals surface area (Å²) in [6, 6.07) is 8.26. The van der Waals surface area contributed by atoms with Gasteiger partial charge in [-0.1, -0.05) is 31.9 Å². The molecule has 0 saturated heterocycles. The van der Waals surface area contributed by atoms with Crippen LogP contribution in [0.2, 0.25) is 0 Å². The Morgan fingerprint density at radius 3 is 1.77 bits per heavy atom. The molecule has 2 aromatic carbocycles. The Morgan fingerprint density at radius 1 is 0.864 bits per heavy atom. The molecule has 0 aliphatic rings. The third kappa shape index (κ3) is 7.75. The summed E-state index contributed by atoms with van der Waals surface area (Å²) in [5.41, 5.74) is -0.298. The highest BCUT2D eigenvalue weighted by molar-refractivity contribution is 9.10. The molecule has 0 amide bonds. The monoisotopic (exact) mass is 436 g/mol. The minimum atomic E-state index is -0.443. The summed E-state index contributed by atoms with van der Waals surface area (Å²) in [7, 11) is 0. The molecule has 0 spiro atoms. The van der Waals surface area contributed by atoms with Gasteiger partial charge in [0.25, 0.3) is 0 Å². The van der Waals surface area contributed by atoms with Gasteiger partial charge in [-0.15, -0.1) is 0 Å². The molecule has 0 bridgehead atoms. The fourth-order valence-corrected chi connectivity index (χ4v) is 2.38. The highest BCUT2D eigenvalue weighted by atomic mass is 79.9. The van der Waals surface area contributed by atoms with E-state index in [1.807, 2.05) is 20.8 Å². The van der Waals surface area contributed by atoms with Crippen LogP contribution in [0, 0.1) is 11.6 Å². The SMILES string of the molecule is CC(C)(C)Oc1cc(F)cc(Br)c1.Oc1cc(F)cc(Br)c1. The second kappa shape index (κ2) is 7.92. The highest BCUT2D eigenvalue weighted by Gasteiger charge is 2.12. The first-order valence-electron chi connectivity index (χ1n) is 6.35. The second-order valence-electron chi connectivity index (χ2n) is 5.45. The van der Waals surface area contributed by atoms with E-state index in [2.05, 4.69) is 31.9 Å². The van der Waals surface area contributed by atoms with Crippen LogP contribution in [-0.4, -0.2) is 10.7 Å². The fraction of sp³-hybridized carbons (Fsp3) is 0.250. The van der Waals surface area contributed by atoms with Crippen LogP contribution in [0.15, 0.2) is 45.3 Å². The average Bonchev–Trinajstić information content (AvgIpc) is 2.22. The number of phenols is 1. The summed E-state index contributed by atoms with van der Waals surface area (Å²) < 4.78 is 31.9. The van der Waals surface area contributed by atoms with Crippen LogP contribution in [-0.2, 0) is 0 Å². The van der Waals surface area contributed by atoms with Gasteiger partial charge >= 0.3 is 0 Å². The van der Waals surface area contributed by atoms with E-state index in [0.717, 1.165) is 6.07 Å². The molecule has 0 aliphatic heterocycles. The largest absolute Gasteiger partial charge is 0.508 e. The minimum absolute atomic E-state index is 0.0677. The maximum absolute atomic E-state index is 12.9. The molecule has 0 aliphatic carbocycles. The maximum atomic E-state index is 12.9. The van der Waals surface area contributed by atoms with Gasteiger partial charge in [-0.3, -0.25) is 0 Å². The van der Waals surface area contributed by atoms with Gasteiger partial charge in [0, 0.05) is 21.1 Å². The smallest absolute Gasteiger partial charge is 0.128 e. The first kappa shape index (κ1) is 18.9. The van der Waals surface area contributed by atoms with Crippen molar-refractivity contribution < 1.29 is 18.6 Å². The first-order valence-corrected chi connectivity index (χ1v) is 7.94. The van der Waals surface area contributed by atoms with Crippen LogP contribution in [0.1, 0.15) is 20.8 Å². The molecule has 22 heavy (non-hydrogen) atoms. The summed E-state index contributed by atoms with van der Waals surface area (Å²) >= 11 is 6.21. The fourth-order valence-electron chi connectivity index (χ4n) is 1.48. The predicted molar refractivity (Wildman–Crippen MR) is 90.2 cm³/mol. The lowest BCUT2D eigenvalue weighted by Gasteiger charge is -2.21. The van der Waals surface area contributed by atoms with Crippen LogP contribution in [0.4, 0.5) is 8.78 Å². The molecule has 6 heteroatoms. The molecular weight excluding hydrogens is 422 g/mol. The van der Waals surface area contributed by atoms with Crippen molar-refractivity contribution in [3.05, 3.63) is 57.0 Å². The molecule has 0 heterocycles. The van der Waals surface area contributed by atoms with E-state index in [9.17, 15) is 8.78 Å². The van der Waals surface area contributed by atoms with Gasteiger partial charge in [-0.25, -0.2) is 8.78 Å². The zero-order valence-electron chi connectivity index (χ0n) is 12.3. The third-order valence-electron chi connectivity index (χ3n) is 2.11. The van der Waals surface area contributed by atoms with Gasteiger partial charge in [0.2, 0.25) is 0 Å². The number of benzene rings is 2. The number of ether oxygens (including phenoxy) is 1. The third-order valence-corrected chi connectivity index (χ3v) is 3.02. The Labute approximate surface area is 145 Å². The summed E-state index contributed by atoms with van der Waals surface area (Å²) in [4.78, 5) is 0. The molecule has 0 fully saturated rings. The zero-order chi connectivity index (χ0) is 16.9. The van der Waals surface area contributed by atoms with E-state index in [-0.39, 0.29) is 17.2 Å². The summed E-state index contributed by atoms with van der Waals surface area (Å²) in [6.07, 6.45) is 0. The van der Waals surface area contributed by atoms with Crippen molar-refractivity contribution in [3.63, 3.8) is 0 Å². The van der Waals surface area contributed by atoms with Crippen LogP contribution < -0.4 is 4.74 Å². The van der Waals surface area contributed by atoms with Crippen molar-refractivity contribution >= 4 is 31.9 Å². The van der Waals surface area contributed by atoms with E-state index < -0.39 is 5.82 Å². The van der Waals surface area contributed by atoms with Gasteiger partial charge in [0.1, 0.15) is 28.7 Å². The minimum Gasteiger partial charge on any atom is -0.508 e. The molecule has 0 saturated carbocycles. The molecule has 2 rings (SSSR count). The van der Waals surface area contributed by atoms with E-state index >= 15 is 0 Å². The number of hydrogen-bond acceptors (Lipinski definition) is 2. The molecule has 2 nitrogen and oxygen atoms in total. The van der Waals surface area contributed by atoms with Crippen LogP contribution in [0.25, 0.3) is 0 Å². The standard InChI is InChI=1S/C10H12BrFO.C6H4BrFO/c1-10(2,3)13-9-5-7(11)4-8(12)6-9;7-4-1-5(8)3-6(9)2-4/h4-6H,1-3H3;1-3,9H. The normalized spacial score (nSPS) is 10.7. The van der Waals surface area contributed by atoms with Crippen molar-refractivity contribution in [2.45, 2.75) is 26.4 Å².